The third-order valence-corrected chi connectivity index (χ3v) is 4.92. The first-order valence-corrected chi connectivity index (χ1v) is 8.63. The predicted molar refractivity (Wildman–Crippen MR) is 86.3 cm³/mol. The number of nitrogens with two attached hydrogens (primary N) is 1. The summed E-state index contributed by atoms with van der Waals surface area (Å²) in [6, 6.07) is 0.739. The molecule has 0 saturated carbocycles. The van der Waals surface area contributed by atoms with Crippen molar-refractivity contribution in [3.63, 3.8) is 0 Å². The quantitative estimate of drug-likeness (QED) is 0.857. The highest BCUT2D eigenvalue weighted by atomic mass is 16.2. The molecule has 2 atom stereocenters. The van der Waals surface area contributed by atoms with E-state index in [2.05, 4.69) is 23.6 Å². The van der Waals surface area contributed by atoms with Gasteiger partial charge in [-0.25, -0.2) is 4.79 Å². The normalized spacial score (nSPS) is 26.0. The van der Waals surface area contributed by atoms with E-state index in [1.807, 2.05) is 4.90 Å². The Bertz CT molecular complexity index is 328. The van der Waals surface area contributed by atoms with Crippen LogP contribution in [0.2, 0.25) is 0 Å². The first-order valence-electron chi connectivity index (χ1n) is 8.63. The van der Waals surface area contributed by atoms with E-state index in [-0.39, 0.29) is 6.03 Å². The van der Waals surface area contributed by atoms with Gasteiger partial charge < -0.3 is 15.5 Å². The smallest absolute Gasteiger partial charge is 0.320 e. The van der Waals surface area contributed by atoms with Gasteiger partial charge >= 0.3 is 6.03 Å². The molecule has 2 aliphatic rings. The number of likely N-dealkylation sites (tertiary alicyclic amines) is 1. The van der Waals surface area contributed by atoms with Crippen LogP contribution in [0.25, 0.3) is 0 Å². The van der Waals surface area contributed by atoms with E-state index in [1.165, 1.54) is 12.8 Å². The van der Waals surface area contributed by atoms with Crippen molar-refractivity contribution in [3.8, 4) is 0 Å². The molecule has 5 nitrogen and oxygen atoms in total. The Morgan fingerprint density at radius 3 is 2.48 bits per heavy atom. The lowest BCUT2D eigenvalue weighted by atomic mass is 10.0. The highest BCUT2D eigenvalue weighted by Crippen LogP contribution is 2.18. The van der Waals surface area contributed by atoms with E-state index in [4.69, 9.17) is 5.73 Å². The van der Waals surface area contributed by atoms with Crippen LogP contribution in [0.1, 0.15) is 39.5 Å². The van der Waals surface area contributed by atoms with Gasteiger partial charge in [0.15, 0.2) is 0 Å². The molecule has 2 heterocycles. The number of piperidine rings is 1. The number of amides is 2. The topological polar surface area (TPSA) is 52.8 Å². The zero-order valence-electron chi connectivity index (χ0n) is 13.8. The number of nitrogens with zero attached hydrogens (tertiary/aromatic N) is 3. The fourth-order valence-electron chi connectivity index (χ4n) is 3.62. The molecule has 0 aliphatic carbocycles. The minimum atomic E-state index is 0.251. The number of carbonyl (C=O) groups excluding carboxylic acids is 1. The van der Waals surface area contributed by atoms with Crippen molar-refractivity contribution in [1.82, 2.24) is 14.7 Å². The maximum absolute atomic E-state index is 12.6. The Kier molecular flexibility index (Phi) is 6.30. The second-order valence-corrected chi connectivity index (χ2v) is 6.68. The summed E-state index contributed by atoms with van der Waals surface area (Å²) < 4.78 is 0. The fourth-order valence-corrected chi connectivity index (χ4v) is 3.62. The summed E-state index contributed by atoms with van der Waals surface area (Å²) in [6.45, 7) is 10.7. The second-order valence-electron chi connectivity index (χ2n) is 6.68. The molecule has 0 spiro atoms. The van der Waals surface area contributed by atoms with E-state index >= 15 is 0 Å². The van der Waals surface area contributed by atoms with Gasteiger partial charge in [0, 0.05) is 51.9 Å². The molecule has 2 rings (SSSR count). The van der Waals surface area contributed by atoms with Crippen molar-refractivity contribution in [2.24, 2.45) is 11.7 Å². The van der Waals surface area contributed by atoms with Gasteiger partial charge in [-0.1, -0.05) is 20.3 Å². The summed E-state index contributed by atoms with van der Waals surface area (Å²) in [4.78, 5) is 19.1. The van der Waals surface area contributed by atoms with Crippen molar-refractivity contribution in [3.05, 3.63) is 0 Å². The Hall–Kier alpha value is -0.810. The molecular weight excluding hydrogens is 264 g/mol. The molecule has 2 aliphatic heterocycles. The summed E-state index contributed by atoms with van der Waals surface area (Å²) in [5.41, 5.74) is 5.89. The van der Waals surface area contributed by atoms with Gasteiger partial charge in [0.2, 0.25) is 0 Å². The summed E-state index contributed by atoms with van der Waals surface area (Å²) in [7, 11) is 0. The molecular formula is C16H32N4O. The van der Waals surface area contributed by atoms with Crippen LogP contribution in [0.5, 0.6) is 0 Å². The molecule has 2 amide bonds. The molecule has 122 valence electrons. The number of carbonyl (C=O) groups is 1. The highest BCUT2D eigenvalue weighted by molar-refractivity contribution is 5.74. The van der Waals surface area contributed by atoms with Gasteiger partial charge in [0.05, 0.1) is 0 Å². The van der Waals surface area contributed by atoms with Gasteiger partial charge in [-0.3, -0.25) is 4.90 Å². The van der Waals surface area contributed by atoms with Crippen molar-refractivity contribution in [2.75, 3.05) is 45.8 Å². The van der Waals surface area contributed by atoms with E-state index in [0.717, 1.165) is 58.7 Å². The van der Waals surface area contributed by atoms with Crippen LogP contribution < -0.4 is 5.73 Å². The lowest BCUT2D eigenvalue weighted by Gasteiger charge is -2.41. The largest absolute Gasteiger partial charge is 0.329 e. The molecule has 5 heteroatoms. The molecule has 0 radical (unpaired) electrons. The van der Waals surface area contributed by atoms with Crippen molar-refractivity contribution in [1.29, 1.82) is 0 Å². The van der Waals surface area contributed by atoms with Crippen LogP contribution >= 0.6 is 0 Å². The monoisotopic (exact) mass is 296 g/mol. The molecule has 21 heavy (non-hydrogen) atoms. The molecule has 0 aromatic heterocycles. The number of piperazine rings is 1. The average molecular weight is 296 g/mol. The second kappa shape index (κ2) is 7.99. The summed E-state index contributed by atoms with van der Waals surface area (Å²) in [5, 5.41) is 0. The van der Waals surface area contributed by atoms with Crippen molar-refractivity contribution >= 4 is 6.03 Å². The van der Waals surface area contributed by atoms with Crippen LogP contribution in [0, 0.1) is 5.92 Å². The number of hydrogen-bond donors (Lipinski definition) is 1. The minimum absolute atomic E-state index is 0.251. The van der Waals surface area contributed by atoms with Crippen molar-refractivity contribution in [2.45, 2.75) is 45.6 Å². The molecule has 0 bridgehead atoms. The predicted octanol–water partition coefficient (Wildman–Crippen LogP) is 1.58. The van der Waals surface area contributed by atoms with Crippen LogP contribution in [0.3, 0.4) is 0 Å². The van der Waals surface area contributed by atoms with E-state index in [0.29, 0.717) is 12.0 Å². The summed E-state index contributed by atoms with van der Waals surface area (Å²) in [5.74, 6) is 0.648. The standard InChI is InChI=1S/C16H32N4O/c1-3-5-15(12-17)18-8-10-19(11-9-18)16(21)20-7-4-6-14(2)13-20/h14-15H,3-13,17H2,1-2H3. The number of hydrogen-bond acceptors (Lipinski definition) is 3. The van der Waals surface area contributed by atoms with Gasteiger partial charge in [0.25, 0.3) is 0 Å². The molecule has 2 unspecified atom stereocenters. The highest BCUT2D eigenvalue weighted by Gasteiger charge is 2.29. The Balaban J connectivity index is 1.81. The van der Waals surface area contributed by atoms with Crippen molar-refractivity contribution < 1.29 is 4.79 Å². The van der Waals surface area contributed by atoms with E-state index < -0.39 is 0 Å². The van der Waals surface area contributed by atoms with Crippen LogP contribution in [0.4, 0.5) is 4.79 Å². The third kappa shape index (κ3) is 4.33. The first kappa shape index (κ1) is 16.6. The zero-order chi connectivity index (χ0) is 15.2. The summed E-state index contributed by atoms with van der Waals surface area (Å²) >= 11 is 0. The Morgan fingerprint density at radius 2 is 1.90 bits per heavy atom. The maximum atomic E-state index is 12.6. The fraction of sp³-hybridized carbons (Fsp3) is 0.938. The lowest BCUT2D eigenvalue weighted by Crippen LogP contribution is -2.57. The van der Waals surface area contributed by atoms with Crippen LogP contribution in [-0.2, 0) is 0 Å². The first-order chi connectivity index (χ1) is 10.2. The van der Waals surface area contributed by atoms with Crippen LogP contribution in [0.15, 0.2) is 0 Å². The van der Waals surface area contributed by atoms with E-state index in [9.17, 15) is 4.79 Å². The SMILES string of the molecule is CCCC(CN)N1CCN(C(=O)N2CCCC(C)C2)CC1. The molecule has 0 aromatic carbocycles. The molecule has 2 N–H and O–H groups in total. The van der Waals surface area contributed by atoms with Gasteiger partial charge in [-0.05, 0) is 25.2 Å². The Morgan fingerprint density at radius 1 is 1.19 bits per heavy atom. The average Bonchev–Trinajstić information content (AvgIpc) is 2.52. The molecule has 2 fully saturated rings. The van der Waals surface area contributed by atoms with Gasteiger partial charge in [-0.2, -0.15) is 0 Å². The molecule has 0 aromatic rings. The van der Waals surface area contributed by atoms with Crippen LogP contribution in [-0.4, -0.2) is 72.6 Å². The lowest BCUT2D eigenvalue weighted by molar-refractivity contribution is 0.0819. The van der Waals surface area contributed by atoms with E-state index in [1.54, 1.807) is 0 Å². The number of rotatable bonds is 4. The van der Waals surface area contributed by atoms with Gasteiger partial charge in [0.1, 0.15) is 0 Å². The maximum Gasteiger partial charge on any atom is 0.320 e. The third-order valence-electron chi connectivity index (χ3n) is 4.92. The summed E-state index contributed by atoms with van der Waals surface area (Å²) in [6.07, 6.45) is 4.74. The van der Waals surface area contributed by atoms with Gasteiger partial charge in [-0.15, -0.1) is 0 Å². The zero-order valence-corrected chi connectivity index (χ0v) is 13.8. The number of urea groups is 1. The minimum Gasteiger partial charge on any atom is -0.329 e. The Labute approximate surface area is 129 Å². The molecule has 2 saturated heterocycles.